The minimum absolute atomic E-state index is 0.0268. The number of hydrogen-bond donors (Lipinski definition) is 4. The minimum atomic E-state index is -0.690. The first kappa shape index (κ1) is 25.3. The van der Waals surface area contributed by atoms with Crippen molar-refractivity contribution in [3.05, 3.63) is 71.4 Å². The van der Waals surface area contributed by atoms with Crippen molar-refractivity contribution in [2.75, 3.05) is 19.6 Å². The van der Waals surface area contributed by atoms with Crippen molar-refractivity contribution in [1.82, 2.24) is 20.5 Å². The van der Waals surface area contributed by atoms with Gasteiger partial charge in [0.05, 0.1) is 0 Å². The zero-order chi connectivity index (χ0) is 26.2. The van der Waals surface area contributed by atoms with Crippen LogP contribution < -0.4 is 16.4 Å². The molecule has 3 amide bonds. The number of nitrogens with zero attached hydrogens (tertiary/aromatic N) is 1. The third-order valence-electron chi connectivity index (χ3n) is 8.36. The van der Waals surface area contributed by atoms with E-state index in [4.69, 9.17) is 5.73 Å². The number of fused-ring (bicyclic) bond motifs is 3. The molecule has 1 aliphatic carbocycles. The van der Waals surface area contributed by atoms with Gasteiger partial charge in [0.15, 0.2) is 0 Å². The average Bonchev–Trinajstić information content (AvgIpc) is 3.48. The standard InChI is InChI=1S/C30H39N5O2/c1-20(23-18-32-25-11-7-5-9-22(23)25)26(34-28(37)33-19-29(2,3)31)27(36)35-16-14-30(15-17-35)13-12-21-8-4-6-10-24(21)30/h4-11,18,20,26,32H,12-17,19,31H2,1-3H3,(H2,33,34,37)/t20-,26?/m1/s1. The first-order chi connectivity index (χ1) is 17.7. The number of carbonyl (C=O) groups is 2. The Morgan fingerprint density at radius 3 is 2.54 bits per heavy atom. The molecule has 1 saturated heterocycles. The van der Waals surface area contributed by atoms with Crippen LogP contribution in [0.3, 0.4) is 0 Å². The van der Waals surface area contributed by atoms with Crippen LogP contribution in [0.25, 0.3) is 10.9 Å². The molecule has 1 aliphatic heterocycles. The summed E-state index contributed by atoms with van der Waals surface area (Å²) in [5, 5.41) is 6.92. The summed E-state index contributed by atoms with van der Waals surface area (Å²) >= 11 is 0. The first-order valence-corrected chi connectivity index (χ1v) is 13.4. The van der Waals surface area contributed by atoms with E-state index < -0.39 is 11.6 Å². The summed E-state index contributed by atoms with van der Waals surface area (Å²) in [7, 11) is 0. The zero-order valence-corrected chi connectivity index (χ0v) is 22.1. The normalized spacial score (nSPS) is 18.4. The van der Waals surface area contributed by atoms with Gasteiger partial charge in [-0.25, -0.2) is 4.79 Å². The summed E-state index contributed by atoms with van der Waals surface area (Å²) in [5.41, 5.74) is 10.6. The predicted molar refractivity (Wildman–Crippen MR) is 148 cm³/mol. The molecular formula is C30H39N5O2. The van der Waals surface area contributed by atoms with E-state index >= 15 is 0 Å². The van der Waals surface area contributed by atoms with Gasteiger partial charge in [-0.05, 0) is 67.7 Å². The number of aryl methyl sites for hydroxylation is 1. The lowest BCUT2D eigenvalue weighted by atomic mass is 9.73. The highest BCUT2D eigenvalue weighted by Crippen LogP contribution is 2.46. The highest BCUT2D eigenvalue weighted by atomic mass is 16.2. The number of amides is 3. The Morgan fingerprint density at radius 1 is 1.08 bits per heavy atom. The van der Waals surface area contributed by atoms with Gasteiger partial charge in [0, 0.05) is 48.2 Å². The van der Waals surface area contributed by atoms with Crippen molar-refractivity contribution in [2.24, 2.45) is 5.73 Å². The SMILES string of the molecule is C[C@H](c1c[nH]c2ccccc12)C(NC(=O)NCC(C)(C)N)C(=O)N1CCC2(CCc3ccccc32)CC1. The van der Waals surface area contributed by atoms with Crippen LogP contribution in [-0.4, -0.2) is 53.0 Å². The lowest BCUT2D eigenvalue weighted by Gasteiger charge is -2.42. The number of carbonyl (C=O) groups excluding carboxylic acids is 2. The third-order valence-corrected chi connectivity index (χ3v) is 8.36. The topological polar surface area (TPSA) is 103 Å². The van der Waals surface area contributed by atoms with E-state index in [-0.39, 0.29) is 23.3 Å². The maximum atomic E-state index is 14.0. The maximum absolute atomic E-state index is 14.0. The summed E-state index contributed by atoms with van der Waals surface area (Å²) in [6.07, 6.45) is 6.14. The van der Waals surface area contributed by atoms with Gasteiger partial charge in [0.25, 0.3) is 0 Å². The Balaban J connectivity index is 1.35. The second kappa shape index (κ2) is 9.86. The Kier molecular flexibility index (Phi) is 6.75. The highest BCUT2D eigenvalue weighted by Gasteiger charge is 2.43. The number of nitrogens with one attached hydrogen (secondary N) is 3. The van der Waals surface area contributed by atoms with Gasteiger partial charge >= 0.3 is 6.03 Å². The van der Waals surface area contributed by atoms with Gasteiger partial charge in [-0.2, -0.15) is 0 Å². The second-order valence-electron chi connectivity index (χ2n) is 11.6. The maximum Gasteiger partial charge on any atom is 0.315 e. The molecule has 196 valence electrons. The number of rotatable bonds is 6. The van der Waals surface area contributed by atoms with Crippen molar-refractivity contribution in [1.29, 1.82) is 0 Å². The van der Waals surface area contributed by atoms with Crippen LogP contribution in [0.1, 0.15) is 62.6 Å². The number of para-hydroxylation sites is 1. The van der Waals surface area contributed by atoms with E-state index in [0.29, 0.717) is 19.6 Å². The molecule has 37 heavy (non-hydrogen) atoms. The Bertz CT molecular complexity index is 1280. The molecule has 1 spiro atoms. The van der Waals surface area contributed by atoms with Crippen LogP contribution in [0.15, 0.2) is 54.7 Å². The number of nitrogens with two attached hydrogens (primary N) is 1. The number of likely N-dealkylation sites (tertiary alicyclic amines) is 1. The van der Waals surface area contributed by atoms with Crippen LogP contribution in [-0.2, 0) is 16.6 Å². The number of H-pyrrole nitrogens is 1. The van der Waals surface area contributed by atoms with E-state index in [0.717, 1.165) is 42.1 Å². The van der Waals surface area contributed by atoms with Gasteiger partial charge in [-0.3, -0.25) is 4.79 Å². The fourth-order valence-corrected chi connectivity index (χ4v) is 6.19. The lowest BCUT2D eigenvalue weighted by Crippen LogP contribution is -2.57. The van der Waals surface area contributed by atoms with Crippen LogP contribution >= 0.6 is 0 Å². The van der Waals surface area contributed by atoms with E-state index in [9.17, 15) is 9.59 Å². The van der Waals surface area contributed by atoms with Crippen molar-refractivity contribution < 1.29 is 9.59 Å². The number of benzene rings is 2. The van der Waals surface area contributed by atoms with E-state index in [1.807, 2.05) is 50.1 Å². The minimum Gasteiger partial charge on any atom is -0.361 e. The summed E-state index contributed by atoms with van der Waals surface area (Å²) in [5.74, 6) is -0.246. The average molecular weight is 502 g/mol. The predicted octanol–water partition coefficient (Wildman–Crippen LogP) is 4.18. The highest BCUT2D eigenvalue weighted by molar-refractivity contribution is 5.90. The van der Waals surface area contributed by atoms with Crippen LogP contribution in [0.2, 0.25) is 0 Å². The van der Waals surface area contributed by atoms with Crippen molar-refractivity contribution in [3.63, 3.8) is 0 Å². The largest absolute Gasteiger partial charge is 0.361 e. The van der Waals surface area contributed by atoms with Crippen LogP contribution in [0, 0.1) is 0 Å². The molecule has 1 unspecified atom stereocenters. The summed E-state index contributed by atoms with van der Waals surface area (Å²) in [6, 6.07) is 15.8. The smallest absolute Gasteiger partial charge is 0.315 e. The number of aromatic nitrogens is 1. The molecule has 2 atom stereocenters. The molecule has 2 aliphatic rings. The Hall–Kier alpha value is -3.32. The fraction of sp³-hybridized carbons (Fsp3) is 0.467. The molecule has 2 aromatic carbocycles. The Morgan fingerprint density at radius 2 is 1.78 bits per heavy atom. The second-order valence-corrected chi connectivity index (χ2v) is 11.6. The van der Waals surface area contributed by atoms with E-state index in [1.165, 1.54) is 11.1 Å². The van der Waals surface area contributed by atoms with Crippen molar-refractivity contribution >= 4 is 22.8 Å². The van der Waals surface area contributed by atoms with E-state index in [1.54, 1.807) is 0 Å². The summed E-state index contributed by atoms with van der Waals surface area (Å²) < 4.78 is 0. The van der Waals surface area contributed by atoms with Crippen molar-refractivity contribution in [3.8, 4) is 0 Å². The molecule has 5 rings (SSSR count). The number of hydrogen-bond acceptors (Lipinski definition) is 3. The first-order valence-electron chi connectivity index (χ1n) is 13.4. The molecule has 7 heteroatoms. The van der Waals surface area contributed by atoms with Gasteiger partial charge in [-0.15, -0.1) is 0 Å². The molecule has 0 radical (unpaired) electrons. The van der Waals surface area contributed by atoms with Crippen molar-refractivity contribution in [2.45, 2.75) is 69.4 Å². The molecule has 1 aromatic heterocycles. The van der Waals surface area contributed by atoms with Crippen LogP contribution in [0.4, 0.5) is 4.79 Å². The summed E-state index contributed by atoms with van der Waals surface area (Å²) in [6.45, 7) is 7.44. The molecule has 5 N–H and O–H groups in total. The monoisotopic (exact) mass is 501 g/mol. The molecule has 0 bridgehead atoms. The number of aromatic amines is 1. The number of piperidine rings is 1. The molecule has 0 saturated carbocycles. The molecular weight excluding hydrogens is 462 g/mol. The summed E-state index contributed by atoms with van der Waals surface area (Å²) in [4.78, 5) is 32.2. The zero-order valence-electron chi connectivity index (χ0n) is 22.1. The molecule has 7 nitrogen and oxygen atoms in total. The van der Waals surface area contributed by atoms with Crippen LogP contribution in [0.5, 0.6) is 0 Å². The fourth-order valence-electron chi connectivity index (χ4n) is 6.19. The van der Waals surface area contributed by atoms with Gasteiger partial charge < -0.3 is 26.3 Å². The quantitative estimate of drug-likeness (QED) is 0.407. The van der Waals surface area contributed by atoms with Gasteiger partial charge in [-0.1, -0.05) is 49.4 Å². The number of urea groups is 1. The molecule has 3 aromatic rings. The Labute approximate surface area is 219 Å². The molecule has 2 heterocycles. The molecule has 1 fully saturated rings. The third kappa shape index (κ3) is 5.10. The van der Waals surface area contributed by atoms with E-state index in [2.05, 4.69) is 45.9 Å². The lowest BCUT2D eigenvalue weighted by molar-refractivity contribution is -0.135. The van der Waals surface area contributed by atoms with Gasteiger partial charge in [0.2, 0.25) is 5.91 Å². The van der Waals surface area contributed by atoms with Gasteiger partial charge in [0.1, 0.15) is 6.04 Å².